The van der Waals surface area contributed by atoms with Crippen molar-refractivity contribution in [3.05, 3.63) is 53.6 Å². The van der Waals surface area contributed by atoms with Gasteiger partial charge in [0.1, 0.15) is 11.5 Å². The van der Waals surface area contributed by atoms with Crippen LogP contribution in [0, 0.1) is 0 Å². The third kappa shape index (κ3) is 5.29. The minimum atomic E-state index is -0.130. The summed E-state index contributed by atoms with van der Waals surface area (Å²) in [4.78, 5) is 17.2. The van der Waals surface area contributed by atoms with Crippen molar-refractivity contribution in [1.29, 1.82) is 0 Å². The van der Waals surface area contributed by atoms with Crippen LogP contribution in [-0.2, 0) is 16.0 Å². The topological polar surface area (TPSA) is 63.3 Å². The Morgan fingerprint density at radius 2 is 1.84 bits per heavy atom. The summed E-state index contributed by atoms with van der Waals surface area (Å²) in [7, 11) is 3.75. The van der Waals surface area contributed by atoms with Gasteiger partial charge >= 0.3 is 0 Å². The van der Waals surface area contributed by atoms with Crippen molar-refractivity contribution < 1.29 is 19.0 Å². The number of hydrogen-bond acceptors (Lipinski definition) is 6. The molecule has 166 valence electrons. The maximum Gasteiger partial charge on any atom is 0.258 e. The summed E-state index contributed by atoms with van der Waals surface area (Å²) in [6, 6.07) is 14.0. The van der Waals surface area contributed by atoms with Crippen LogP contribution in [0.15, 0.2) is 42.5 Å². The Hall–Kier alpha value is -2.77. The van der Waals surface area contributed by atoms with Crippen LogP contribution in [0.4, 0.5) is 5.69 Å². The Morgan fingerprint density at radius 3 is 2.58 bits per heavy atom. The minimum absolute atomic E-state index is 0.0167. The number of methoxy groups -OCH3 is 1. The first-order valence-corrected chi connectivity index (χ1v) is 10.8. The van der Waals surface area contributed by atoms with E-state index >= 15 is 0 Å². The predicted octanol–water partition coefficient (Wildman–Crippen LogP) is 2.26. The number of likely N-dealkylation sites (N-methyl/N-ethyl adjacent to an activating group) is 1. The van der Waals surface area contributed by atoms with E-state index in [1.165, 1.54) is 16.8 Å². The Balaban J connectivity index is 1.38. The van der Waals surface area contributed by atoms with Crippen LogP contribution in [0.1, 0.15) is 17.2 Å². The number of amides is 1. The molecule has 2 aliphatic rings. The maximum absolute atomic E-state index is 12.5. The zero-order chi connectivity index (χ0) is 21.6. The molecule has 0 spiro atoms. The van der Waals surface area contributed by atoms with Gasteiger partial charge in [-0.15, -0.1) is 0 Å². The highest BCUT2D eigenvalue weighted by atomic mass is 16.5. The van der Waals surface area contributed by atoms with Gasteiger partial charge in [0.15, 0.2) is 6.61 Å². The lowest BCUT2D eigenvalue weighted by Gasteiger charge is -2.35. The van der Waals surface area contributed by atoms with Gasteiger partial charge in [0, 0.05) is 38.9 Å². The molecule has 2 aliphatic heterocycles. The molecule has 0 aliphatic carbocycles. The zero-order valence-electron chi connectivity index (χ0n) is 18.3. The molecular formula is C24H31N3O4. The molecule has 1 fully saturated rings. The summed E-state index contributed by atoms with van der Waals surface area (Å²) >= 11 is 0. The third-order valence-corrected chi connectivity index (χ3v) is 6.02. The molecule has 0 saturated carbocycles. The first-order chi connectivity index (χ1) is 15.1. The second-order valence-electron chi connectivity index (χ2n) is 7.99. The van der Waals surface area contributed by atoms with E-state index in [2.05, 4.69) is 40.4 Å². The average Bonchev–Trinajstić information content (AvgIpc) is 3.19. The predicted molar refractivity (Wildman–Crippen MR) is 120 cm³/mol. The summed E-state index contributed by atoms with van der Waals surface area (Å²) in [5.41, 5.74) is 3.93. The van der Waals surface area contributed by atoms with Crippen molar-refractivity contribution in [3.8, 4) is 11.5 Å². The molecule has 31 heavy (non-hydrogen) atoms. The van der Waals surface area contributed by atoms with Gasteiger partial charge in [-0.05, 0) is 47.9 Å². The van der Waals surface area contributed by atoms with Crippen molar-refractivity contribution >= 4 is 11.6 Å². The standard InChI is InChI=1S/C24H31N3O4/c1-26-10-9-19-15-18(3-8-22(19)26)23(27-11-13-30-14-12-27)16-25-24(28)17-31-21-6-4-20(29-2)5-7-21/h3-8,15,23H,9-14,16-17H2,1-2H3,(H,25,28)/t23-/m1/s1. The third-order valence-electron chi connectivity index (χ3n) is 6.02. The Labute approximate surface area is 183 Å². The van der Waals surface area contributed by atoms with E-state index < -0.39 is 0 Å². The van der Waals surface area contributed by atoms with E-state index in [1.807, 2.05) is 12.1 Å². The van der Waals surface area contributed by atoms with Crippen molar-refractivity contribution in [2.75, 3.05) is 65.1 Å². The lowest BCUT2D eigenvalue weighted by Crippen LogP contribution is -2.44. The van der Waals surface area contributed by atoms with Crippen LogP contribution in [0.25, 0.3) is 0 Å². The normalized spacial score (nSPS) is 17.2. The number of hydrogen-bond donors (Lipinski definition) is 1. The molecule has 2 heterocycles. The Kier molecular flexibility index (Phi) is 6.94. The number of nitrogens with one attached hydrogen (secondary N) is 1. The lowest BCUT2D eigenvalue weighted by atomic mass is 10.0. The highest BCUT2D eigenvalue weighted by Crippen LogP contribution is 2.31. The van der Waals surface area contributed by atoms with E-state index in [0.29, 0.717) is 12.3 Å². The van der Waals surface area contributed by atoms with Gasteiger partial charge in [0.05, 0.1) is 26.4 Å². The maximum atomic E-state index is 12.5. The number of ether oxygens (including phenoxy) is 3. The lowest BCUT2D eigenvalue weighted by molar-refractivity contribution is -0.123. The molecular weight excluding hydrogens is 394 g/mol. The van der Waals surface area contributed by atoms with Crippen LogP contribution in [-0.4, -0.2) is 71.0 Å². The van der Waals surface area contributed by atoms with Crippen molar-refractivity contribution in [2.24, 2.45) is 0 Å². The number of anilines is 1. The average molecular weight is 426 g/mol. The van der Waals surface area contributed by atoms with Gasteiger partial charge < -0.3 is 24.4 Å². The van der Waals surface area contributed by atoms with Gasteiger partial charge in [0.2, 0.25) is 0 Å². The molecule has 2 aromatic carbocycles. The van der Waals surface area contributed by atoms with E-state index in [9.17, 15) is 4.79 Å². The van der Waals surface area contributed by atoms with Gasteiger partial charge in [0.25, 0.3) is 5.91 Å². The molecule has 1 N–H and O–H groups in total. The Bertz CT molecular complexity index is 881. The molecule has 0 aromatic heterocycles. The summed E-state index contributed by atoms with van der Waals surface area (Å²) in [5, 5.41) is 3.07. The van der Waals surface area contributed by atoms with Crippen LogP contribution in [0.2, 0.25) is 0 Å². The second-order valence-corrected chi connectivity index (χ2v) is 7.99. The van der Waals surface area contributed by atoms with E-state index in [1.54, 1.807) is 19.2 Å². The molecule has 2 aromatic rings. The van der Waals surface area contributed by atoms with E-state index in [4.69, 9.17) is 14.2 Å². The highest BCUT2D eigenvalue weighted by molar-refractivity contribution is 5.77. The summed E-state index contributed by atoms with van der Waals surface area (Å²) < 4.78 is 16.3. The van der Waals surface area contributed by atoms with Crippen LogP contribution in [0.5, 0.6) is 11.5 Å². The summed E-state index contributed by atoms with van der Waals surface area (Å²) in [5.74, 6) is 1.27. The van der Waals surface area contributed by atoms with E-state index in [0.717, 1.165) is 45.0 Å². The van der Waals surface area contributed by atoms with Crippen molar-refractivity contribution in [2.45, 2.75) is 12.5 Å². The van der Waals surface area contributed by atoms with E-state index in [-0.39, 0.29) is 18.6 Å². The van der Waals surface area contributed by atoms with Crippen molar-refractivity contribution in [1.82, 2.24) is 10.2 Å². The Morgan fingerprint density at radius 1 is 1.10 bits per heavy atom. The number of fused-ring (bicyclic) bond motifs is 1. The fourth-order valence-corrected chi connectivity index (χ4v) is 4.22. The molecule has 0 bridgehead atoms. The quantitative estimate of drug-likeness (QED) is 0.700. The second kappa shape index (κ2) is 10.0. The SMILES string of the molecule is COc1ccc(OCC(=O)NC[C@H](c2ccc3c(c2)CCN3C)N2CCOCC2)cc1. The number of carbonyl (C=O) groups is 1. The van der Waals surface area contributed by atoms with Crippen LogP contribution < -0.4 is 19.7 Å². The van der Waals surface area contributed by atoms with Crippen LogP contribution >= 0.6 is 0 Å². The molecule has 4 rings (SSSR count). The largest absolute Gasteiger partial charge is 0.497 e. The molecule has 1 amide bonds. The number of nitrogens with zero attached hydrogens (tertiary/aromatic N) is 2. The van der Waals surface area contributed by atoms with Crippen LogP contribution in [0.3, 0.4) is 0 Å². The van der Waals surface area contributed by atoms with Gasteiger partial charge in [-0.2, -0.15) is 0 Å². The summed E-state index contributed by atoms with van der Waals surface area (Å²) in [6.07, 6.45) is 1.07. The molecule has 7 heteroatoms. The summed E-state index contributed by atoms with van der Waals surface area (Å²) in [6.45, 7) is 4.74. The highest BCUT2D eigenvalue weighted by Gasteiger charge is 2.25. The minimum Gasteiger partial charge on any atom is -0.497 e. The molecule has 1 saturated heterocycles. The molecule has 7 nitrogen and oxygen atoms in total. The number of carbonyl (C=O) groups excluding carboxylic acids is 1. The smallest absolute Gasteiger partial charge is 0.258 e. The fraction of sp³-hybridized carbons (Fsp3) is 0.458. The van der Waals surface area contributed by atoms with Gasteiger partial charge in [-0.1, -0.05) is 12.1 Å². The first-order valence-electron chi connectivity index (χ1n) is 10.8. The first kappa shape index (κ1) is 21.5. The molecule has 0 unspecified atom stereocenters. The number of rotatable bonds is 8. The molecule has 1 atom stereocenters. The fourth-order valence-electron chi connectivity index (χ4n) is 4.22. The van der Waals surface area contributed by atoms with Gasteiger partial charge in [-0.3, -0.25) is 9.69 Å². The van der Waals surface area contributed by atoms with Gasteiger partial charge in [-0.25, -0.2) is 0 Å². The zero-order valence-corrected chi connectivity index (χ0v) is 18.3. The van der Waals surface area contributed by atoms with Crippen molar-refractivity contribution in [3.63, 3.8) is 0 Å². The number of morpholine rings is 1. The molecule has 0 radical (unpaired) electrons. The number of benzene rings is 2. The monoisotopic (exact) mass is 425 g/mol.